The van der Waals surface area contributed by atoms with Crippen LogP contribution in [0.1, 0.15) is 38.7 Å². The fourth-order valence-electron chi connectivity index (χ4n) is 2.25. The highest BCUT2D eigenvalue weighted by atomic mass is 16.6. The van der Waals surface area contributed by atoms with Crippen LogP contribution in [0.3, 0.4) is 0 Å². The predicted molar refractivity (Wildman–Crippen MR) is 71.6 cm³/mol. The fourth-order valence-corrected chi connectivity index (χ4v) is 2.25. The number of rotatable bonds is 1. The summed E-state index contributed by atoms with van der Waals surface area (Å²) < 4.78 is 5.39. The number of benzene rings is 1. The van der Waals surface area contributed by atoms with Crippen molar-refractivity contribution < 1.29 is 9.53 Å². The Morgan fingerprint density at radius 1 is 1.28 bits per heavy atom. The zero-order valence-corrected chi connectivity index (χ0v) is 11.3. The molecule has 0 radical (unpaired) electrons. The Morgan fingerprint density at radius 2 is 1.94 bits per heavy atom. The highest BCUT2D eigenvalue weighted by molar-refractivity contribution is 5.68. The van der Waals surface area contributed by atoms with E-state index in [1.807, 2.05) is 43.9 Å². The van der Waals surface area contributed by atoms with Gasteiger partial charge in [-0.25, -0.2) is 4.79 Å². The standard InChI is InChI=1S/C15H21NO2/c1-15(2,3)18-14(17)16-10-9-13(11-16)12-7-5-4-6-8-12/h4-8,13H,9-11H2,1-3H3/t13-/m0/s1. The third kappa shape index (κ3) is 3.25. The highest BCUT2D eigenvalue weighted by Gasteiger charge is 2.30. The van der Waals surface area contributed by atoms with E-state index in [0.29, 0.717) is 5.92 Å². The Hall–Kier alpha value is -1.51. The lowest BCUT2D eigenvalue weighted by molar-refractivity contribution is 0.0292. The van der Waals surface area contributed by atoms with Crippen LogP contribution in [-0.2, 0) is 4.74 Å². The van der Waals surface area contributed by atoms with Crippen molar-refractivity contribution in [1.82, 2.24) is 4.90 Å². The molecule has 1 aromatic carbocycles. The summed E-state index contributed by atoms with van der Waals surface area (Å²) in [5, 5.41) is 0. The predicted octanol–water partition coefficient (Wildman–Crippen LogP) is 3.41. The molecular weight excluding hydrogens is 226 g/mol. The Balaban J connectivity index is 1.95. The van der Waals surface area contributed by atoms with Crippen LogP contribution in [0.15, 0.2) is 30.3 Å². The lowest BCUT2D eigenvalue weighted by atomic mass is 9.99. The van der Waals surface area contributed by atoms with Crippen LogP contribution in [0.4, 0.5) is 4.79 Å². The van der Waals surface area contributed by atoms with Crippen LogP contribution < -0.4 is 0 Å². The third-order valence-electron chi connectivity index (χ3n) is 3.11. The van der Waals surface area contributed by atoms with Crippen molar-refractivity contribution >= 4 is 6.09 Å². The molecule has 0 aromatic heterocycles. The molecule has 0 unspecified atom stereocenters. The molecule has 2 rings (SSSR count). The van der Waals surface area contributed by atoms with Crippen molar-refractivity contribution in [2.75, 3.05) is 13.1 Å². The van der Waals surface area contributed by atoms with E-state index in [4.69, 9.17) is 4.74 Å². The number of carbonyl (C=O) groups excluding carboxylic acids is 1. The van der Waals surface area contributed by atoms with E-state index in [1.54, 1.807) is 0 Å². The SMILES string of the molecule is CC(C)(C)OC(=O)N1CC[C@H](c2ccccc2)C1. The minimum atomic E-state index is -0.415. The maximum absolute atomic E-state index is 11.9. The van der Waals surface area contributed by atoms with Gasteiger partial charge in [-0.2, -0.15) is 0 Å². The average Bonchev–Trinajstić information content (AvgIpc) is 2.77. The van der Waals surface area contributed by atoms with E-state index in [2.05, 4.69) is 12.1 Å². The molecule has 1 aliphatic rings. The first kappa shape index (κ1) is 12.9. The van der Waals surface area contributed by atoms with E-state index in [0.717, 1.165) is 19.5 Å². The van der Waals surface area contributed by atoms with Crippen molar-refractivity contribution in [2.24, 2.45) is 0 Å². The molecule has 0 aliphatic carbocycles. The van der Waals surface area contributed by atoms with Gasteiger partial charge in [-0.3, -0.25) is 0 Å². The lowest BCUT2D eigenvalue weighted by Gasteiger charge is -2.24. The zero-order valence-electron chi connectivity index (χ0n) is 11.3. The summed E-state index contributed by atoms with van der Waals surface area (Å²) in [5.41, 5.74) is 0.894. The summed E-state index contributed by atoms with van der Waals surface area (Å²) in [6.45, 7) is 7.24. The molecule has 0 bridgehead atoms. The number of hydrogen-bond donors (Lipinski definition) is 0. The van der Waals surface area contributed by atoms with Crippen LogP contribution in [0, 0.1) is 0 Å². The number of amides is 1. The van der Waals surface area contributed by atoms with Gasteiger partial charge in [0.15, 0.2) is 0 Å². The summed E-state index contributed by atoms with van der Waals surface area (Å²) in [4.78, 5) is 13.7. The Kier molecular flexibility index (Phi) is 3.60. The molecule has 3 nitrogen and oxygen atoms in total. The summed E-state index contributed by atoms with van der Waals surface area (Å²) in [6.07, 6.45) is 0.824. The molecule has 3 heteroatoms. The van der Waals surface area contributed by atoms with Gasteiger partial charge >= 0.3 is 6.09 Å². The van der Waals surface area contributed by atoms with Gasteiger partial charge < -0.3 is 9.64 Å². The quantitative estimate of drug-likeness (QED) is 0.761. The molecule has 1 heterocycles. The maximum Gasteiger partial charge on any atom is 0.410 e. The van der Waals surface area contributed by atoms with Gasteiger partial charge in [-0.15, -0.1) is 0 Å². The van der Waals surface area contributed by atoms with Crippen molar-refractivity contribution in [3.63, 3.8) is 0 Å². The Bertz CT molecular complexity index is 408. The summed E-state index contributed by atoms with van der Waals surface area (Å²) in [6, 6.07) is 10.4. The molecule has 18 heavy (non-hydrogen) atoms. The molecular formula is C15H21NO2. The van der Waals surface area contributed by atoms with Crippen LogP contribution >= 0.6 is 0 Å². The molecule has 1 saturated heterocycles. The van der Waals surface area contributed by atoms with Crippen molar-refractivity contribution in [3.8, 4) is 0 Å². The molecule has 1 fully saturated rings. The number of nitrogens with zero attached hydrogens (tertiary/aromatic N) is 1. The molecule has 1 amide bonds. The van der Waals surface area contributed by atoms with Crippen LogP contribution in [-0.4, -0.2) is 29.7 Å². The number of ether oxygens (including phenoxy) is 1. The molecule has 1 atom stereocenters. The molecule has 1 aliphatic heterocycles. The first-order valence-electron chi connectivity index (χ1n) is 6.48. The highest BCUT2D eigenvalue weighted by Crippen LogP contribution is 2.27. The van der Waals surface area contributed by atoms with Gasteiger partial charge in [0.2, 0.25) is 0 Å². The number of hydrogen-bond acceptors (Lipinski definition) is 2. The van der Waals surface area contributed by atoms with E-state index >= 15 is 0 Å². The van der Waals surface area contributed by atoms with Crippen molar-refractivity contribution in [1.29, 1.82) is 0 Å². The lowest BCUT2D eigenvalue weighted by Crippen LogP contribution is -2.35. The molecule has 0 spiro atoms. The topological polar surface area (TPSA) is 29.5 Å². The Labute approximate surface area is 109 Å². The number of carbonyl (C=O) groups is 1. The second-order valence-electron chi connectivity index (χ2n) is 5.82. The maximum atomic E-state index is 11.9. The average molecular weight is 247 g/mol. The molecule has 1 aromatic rings. The van der Waals surface area contributed by atoms with Crippen molar-refractivity contribution in [3.05, 3.63) is 35.9 Å². The fraction of sp³-hybridized carbons (Fsp3) is 0.533. The van der Waals surface area contributed by atoms with Gasteiger partial charge in [0.05, 0.1) is 0 Å². The van der Waals surface area contributed by atoms with E-state index in [-0.39, 0.29) is 6.09 Å². The molecule has 98 valence electrons. The van der Waals surface area contributed by atoms with E-state index in [1.165, 1.54) is 5.56 Å². The van der Waals surface area contributed by atoms with Crippen molar-refractivity contribution in [2.45, 2.75) is 38.7 Å². The van der Waals surface area contributed by atoms with Gasteiger partial charge in [-0.05, 0) is 32.8 Å². The van der Waals surface area contributed by atoms with E-state index < -0.39 is 5.60 Å². The molecule has 0 N–H and O–H groups in total. The van der Waals surface area contributed by atoms with Crippen LogP contribution in [0.2, 0.25) is 0 Å². The minimum Gasteiger partial charge on any atom is -0.444 e. The van der Waals surface area contributed by atoms with Gasteiger partial charge in [0.1, 0.15) is 5.60 Å². The smallest absolute Gasteiger partial charge is 0.410 e. The van der Waals surface area contributed by atoms with Gasteiger partial charge in [0, 0.05) is 19.0 Å². The second kappa shape index (κ2) is 5.01. The first-order chi connectivity index (χ1) is 8.46. The zero-order chi connectivity index (χ0) is 13.2. The normalized spacial score (nSPS) is 19.9. The largest absolute Gasteiger partial charge is 0.444 e. The number of likely N-dealkylation sites (tertiary alicyclic amines) is 1. The monoisotopic (exact) mass is 247 g/mol. The van der Waals surface area contributed by atoms with E-state index in [9.17, 15) is 4.79 Å². The summed E-state index contributed by atoms with van der Waals surface area (Å²) in [5.74, 6) is 0.443. The third-order valence-corrected chi connectivity index (χ3v) is 3.11. The van der Waals surface area contributed by atoms with Gasteiger partial charge in [0.25, 0.3) is 0 Å². The summed E-state index contributed by atoms with van der Waals surface area (Å²) in [7, 11) is 0. The first-order valence-corrected chi connectivity index (χ1v) is 6.48. The van der Waals surface area contributed by atoms with Gasteiger partial charge in [-0.1, -0.05) is 30.3 Å². The van der Waals surface area contributed by atoms with Crippen LogP contribution in [0.25, 0.3) is 0 Å². The van der Waals surface area contributed by atoms with Crippen LogP contribution in [0.5, 0.6) is 0 Å². The molecule has 0 saturated carbocycles. The minimum absolute atomic E-state index is 0.194. The second-order valence-corrected chi connectivity index (χ2v) is 5.82. The Morgan fingerprint density at radius 3 is 2.56 bits per heavy atom. The summed E-state index contributed by atoms with van der Waals surface area (Å²) >= 11 is 0.